The predicted molar refractivity (Wildman–Crippen MR) is 117 cm³/mol. The zero-order valence-electron chi connectivity index (χ0n) is 17.4. The molecule has 0 N–H and O–H groups in total. The van der Waals surface area contributed by atoms with E-state index in [2.05, 4.69) is 11.1 Å². The first-order chi connectivity index (χ1) is 14.4. The van der Waals surface area contributed by atoms with Crippen LogP contribution in [0.3, 0.4) is 0 Å². The van der Waals surface area contributed by atoms with Crippen molar-refractivity contribution in [2.24, 2.45) is 11.0 Å². The molecule has 0 spiro atoms. The van der Waals surface area contributed by atoms with Gasteiger partial charge in [0.2, 0.25) is 0 Å². The number of benzene rings is 1. The molecule has 6 nitrogen and oxygen atoms in total. The van der Waals surface area contributed by atoms with Gasteiger partial charge in [0.15, 0.2) is 9.84 Å². The molecule has 30 heavy (non-hydrogen) atoms. The van der Waals surface area contributed by atoms with Crippen LogP contribution in [0.4, 0.5) is 5.82 Å². The van der Waals surface area contributed by atoms with E-state index < -0.39 is 9.84 Å². The first kappa shape index (κ1) is 20.5. The van der Waals surface area contributed by atoms with Crippen LogP contribution in [-0.2, 0) is 9.84 Å². The standard InChI is InChI=1S/C23H26N4O2S/c1-3-30(28,29)20-11-8-17(9-12-20)21-14-22(18-6-4-5-7-18)27(26-21)23-13-10-19(15-24)16(2)25-23/h8-13,18,22H,3-7,14H2,1-2H3/t22-/m1/s1. The van der Waals surface area contributed by atoms with Crippen LogP contribution in [0.1, 0.15) is 55.8 Å². The Balaban J connectivity index is 1.68. The minimum atomic E-state index is -3.21. The minimum absolute atomic E-state index is 0.0918. The molecule has 1 atom stereocenters. The van der Waals surface area contributed by atoms with E-state index in [9.17, 15) is 13.7 Å². The van der Waals surface area contributed by atoms with E-state index >= 15 is 0 Å². The second kappa shape index (κ2) is 8.19. The number of anilines is 1. The Morgan fingerprint density at radius 3 is 2.43 bits per heavy atom. The van der Waals surface area contributed by atoms with Crippen molar-refractivity contribution in [2.45, 2.75) is 56.9 Å². The van der Waals surface area contributed by atoms with Crippen molar-refractivity contribution in [3.63, 3.8) is 0 Å². The highest BCUT2D eigenvalue weighted by Gasteiger charge is 2.36. The van der Waals surface area contributed by atoms with Crippen LogP contribution >= 0.6 is 0 Å². The summed E-state index contributed by atoms with van der Waals surface area (Å²) in [5.74, 6) is 1.42. The van der Waals surface area contributed by atoms with E-state index in [1.807, 2.05) is 30.1 Å². The normalized spacial score (nSPS) is 19.7. The molecule has 0 bridgehead atoms. The molecule has 2 heterocycles. The van der Waals surface area contributed by atoms with Crippen molar-refractivity contribution in [1.82, 2.24) is 4.98 Å². The molecule has 156 valence electrons. The fourth-order valence-electron chi connectivity index (χ4n) is 4.45. The first-order valence-electron chi connectivity index (χ1n) is 10.5. The molecule has 1 saturated carbocycles. The highest BCUT2D eigenvalue weighted by atomic mass is 32.2. The van der Waals surface area contributed by atoms with Crippen molar-refractivity contribution in [2.75, 3.05) is 10.8 Å². The third-order valence-electron chi connectivity index (χ3n) is 6.24. The second-order valence-electron chi connectivity index (χ2n) is 8.05. The predicted octanol–water partition coefficient (Wildman–Crippen LogP) is 4.23. The number of hydrazone groups is 1. The van der Waals surface area contributed by atoms with E-state index in [0.29, 0.717) is 22.1 Å². The molecule has 1 aliphatic heterocycles. The monoisotopic (exact) mass is 422 g/mol. The molecule has 1 aromatic heterocycles. The molecule has 1 aliphatic carbocycles. The third-order valence-corrected chi connectivity index (χ3v) is 7.99. The molecule has 0 unspecified atom stereocenters. The minimum Gasteiger partial charge on any atom is -0.244 e. The van der Waals surface area contributed by atoms with Crippen LogP contribution < -0.4 is 5.01 Å². The zero-order chi connectivity index (χ0) is 21.3. The van der Waals surface area contributed by atoms with Crippen molar-refractivity contribution in [1.29, 1.82) is 5.26 Å². The quantitative estimate of drug-likeness (QED) is 0.720. The Hall–Kier alpha value is -2.72. The van der Waals surface area contributed by atoms with Gasteiger partial charge >= 0.3 is 0 Å². The van der Waals surface area contributed by atoms with Gasteiger partial charge in [-0.1, -0.05) is 31.9 Å². The van der Waals surface area contributed by atoms with E-state index in [-0.39, 0.29) is 11.8 Å². The van der Waals surface area contributed by atoms with Gasteiger partial charge in [-0.05, 0) is 55.5 Å². The molecular formula is C23H26N4O2S. The second-order valence-corrected chi connectivity index (χ2v) is 10.3. The highest BCUT2D eigenvalue weighted by Crippen LogP contribution is 2.37. The molecule has 0 radical (unpaired) electrons. The Labute approximate surface area is 178 Å². The van der Waals surface area contributed by atoms with Crippen LogP contribution in [0.15, 0.2) is 46.4 Å². The molecule has 4 rings (SSSR count). The first-order valence-corrected chi connectivity index (χ1v) is 12.2. The van der Waals surface area contributed by atoms with Crippen molar-refractivity contribution < 1.29 is 8.42 Å². The summed E-state index contributed by atoms with van der Waals surface area (Å²) in [6.07, 6.45) is 5.67. The van der Waals surface area contributed by atoms with Crippen molar-refractivity contribution >= 4 is 21.4 Å². The van der Waals surface area contributed by atoms with Gasteiger partial charge in [0.1, 0.15) is 11.9 Å². The molecule has 0 saturated heterocycles. The molecular weight excluding hydrogens is 396 g/mol. The number of sulfone groups is 1. The summed E-state index contributed by atoms with van der Waals surface area (Å²) in [6, 6.07) is 13.1. The summed E-state index contributed by atoms with van der Waals surface area (Å²) in [5.41, 5.74) is 3.18. The van der Waals surface area contributed by atoms with Crippen LogP contribution in [0.25, 0.3) is 0 Å². The molecule has 1 fully saturated rings. The lowest BCUT2D eigenvalue weighted by atomic mass is 9.92. The summed E-state index contributed by atoms with van der Waals surface area (Å²) >= 11 is 0. The number of hydrogen-bond acceptors (Lipinski definition) is 6. The molecule has 2 aliphatic rings. The Kier molecular flexibility index (Phi) is 5.61. The van der Waals surface area contributed by atoms with Gasteiger partial charge in [-0.15, -0.1) is 0 Å². The van der Waals surface area contributed by atoms with Crippen molar-refractivity contribution in [3.8, 4) is 6.07 Å². The fraction of sp³-hybridized carbons (Fsp3) is 0.435. The van der Waals surface area contributed by atoms with Gasteiger partial charge in [0, 0.05) is 6.42 Å². The summed E-state index contributed by atoms with van der Waals surface area (Å²) in [5, 5.41) is 16.2. The van der Waals surface area contributed by atoms with E-state index in [1.165, 1.54) is 25.7 Å². The van der Waals surface area contributed by atoms with Gasteiger partial charge < -0.3 is 0 Å². The average Bonchev–Trinajstić information content (AvgIpc) is 3.43. The molecule has 1 aromatic carbocycles. The number of hydrogen-bond donors (Lipinski definition) is 0. The average molecular weight is 423 g/mol. The third kappa shape index (κ3) is 3.84. The maximum Gasteiger partial charge on any atom is 0.178 e. The number of rotatable bonds is 5. The molecule has 7 heteroatoms. The highest BCUT2D eigenvalue weighted by molar-refractivity contribution is 7.91. The lowest BCUT2D eigenvalue weighted by Crippen LogP contribution is -2.33. The number of nitrogens with zero attached hydrogens (tertiary/aromatic N) is 4. The maximum absolute atomic E-state index is 12.1. The van der Waals surface area contributed by atoms with Crippen LogP contribution in [-0.4, -0.2) is 30.9 Å². The van der Waals surface area contributed by atoms with E-state index in [1.54, 1.807) is 25.1 Å². The number of aryl methyl sites for hydroxylation is 1. The zero-order valence-corrected chi connectivity index (χ0v) is 18.2. The summed E-state index contributed by atoms with van der Waals surface area (Å²) < 4.78 is 24.2. The van der Waals surface area contributed by atoms with Gasteiger partial charge in [-0.3, -0.25) is 0 Å². The summed E-state index contributed by atoms with van der Waals surface area (Å²) in [4.78, 5) is 5.00. The Bertz CT molecular complexity index is 1110. The number of pyridine rings is 1. The fourth-order valence-corrected chi connectivity index (χ4v) is 5.33. The largest absolute Gasteiger partial charge is 0.244 e. The van der Waals surface area contributed by atoms with Gasteiger partial charge in [0.05, 0.1) is 33.7 Å². The maximum atomic E-state index is 12.1. The van der Waals surface area contributed by atoms with Crippen LogP contribution in [0.5, 0.6) is 0 Å². The topological polar surface area (TPSA) is 86.4 Å². The van der Waals surface area contributed by atoms with Gasteiger partial charge in [-0.2, -0.15) is 10.4 Å². The molecule has 0 amide bonds. The number of nitriles is 1. The van der Waals surface area contributed by atoms with E-state index in [4.69, 9.17) is 5.10 Å². The Morgan fingerprint density at radius 1 is 1.13 bits per heavy atom. The van der Waals surface area contributed by atoms with Gasteiger partial charge in [-0.25, -0.2) is 18.4 Å². The summed E-state index contributed by atoms with van der Waals surface area (Å²) in [7, 11) is -3.21. The van der Waals surface area contributed by atoms with Crippen LogP contribution in [0, 0.1) is 24.2 Å². The molecule has 2 aromatic rings. The van der Waals surface area contributed by atoms with Crippen LogP contribution in [0.2, 0.25) is 0 Å². The van der Waals surface area contributed by atoms with Gasteiger partial charge in [0.25, 0.3) is 0 Å². The van der Waals surface area contributed by atoms with E-state index in [0.717, 1.165) is 23.5 Å². The van der Waals surface area contributed by atoms with Crippen molar-refractivity contribution in [3.05, 3.63) is 53.2 Å². The summed E-state index contributed by atoms with van der Waals surface area (Å²) in [6.45, 7) is 3.50. The lowest BCUT2D eigenvalue weighted by Gasteiger charge is -2.27. The smallest absolute Gasteiger partial charge is 0.178 e. The SMILES string of the molecule is CCS(=O)(=O)c1ccc(C2=NN(c3ccc(C#N)c(C)n3)[C@@H](C3CCCC3)C2)cc1. The lowest BCUT2D eigenvalue weighted by molar-refractivity contribution is 0.428. The Morgan fingerprint density at radius 2 is 1.83 bits per heavy atom. The number of aromatic nitrogens is 1.